The van der Waals surface area contributed by atoms with E-state index in [1.807, 2.05) is 30.3 Å². The first-order valence-corrected chi connectivity index (χ1v) is 8.59. The molecule has 0 bridgehead atoms. The smallest absolute Gasteiger partial charge is 0.185 e. The van der Waals surface area contributed by atoms with Crippen molar-refractivity contribution < 1.29 is 19.3 Å². The van der Waals surface area contributed by atoms with Gasteiger partial charge in [-0.3, -0.25) is 4.57 Å². The Kier molecular flexibility index (Phi) is 3.87. The van der Waals surface area contributed by atoms with Gasteiger partial charge in [-0.05, 0) is 0 Å². The highest BCUT2D eigenvalue weighted by Crippen LogP contribution is 2.44. The largest absolute Gasteiger partial charge is 0.394 e. The quantitative estimate of drug-likeness (QED) is 0.699. The molecule has 1 aromatic carbocycles. The predicted octanol–water partition coefficient (Wildman–Crippen LogP) is 1.85. The number of halogens is 1. The molecule has 1 unspecified atom stereocenters. The molecule has 9 heteroatoms. The zero-order valence-electron chi connectivity index (χ0n) is 13.5. The van der Waals surface area contributed by atoms with Gasteiger partial charge in [0.15, 0.2) is 23.3 Å². The zero-order valence-corrected chi connectivity index (χ0v) is 14.2. The number of aromatic nitrogens is 4. The Morgan fingerprint density at radius 3 is 2.65 bits per heavy atom. The number of aliphatic hydroxyl groups is 1. The van der Waals surface area contributed by atoms with Gasteiger partial charge in [-0.15, -0.1) is 0 Å². The number of aliphatic hydroxyl groups excluding tert-OH is 1. The summed E-state index contributed by atoms with van der Waals surface area (Å²) in [5.41, 5.74) is 1.94. The van der Waals surface area contributed by atoms with E-state index < -0.39 is 30.8 Å². The number of nitrogens with zero attached hydrogens (tertiary/aromatic N) is 4. The minimum atomic E-state index is -0.540. The van der Waals surface area contributed by atoms with Crippen molar-refractivity contribution >= 4 is 22.8 Å². The lowest BCUT2D eigenvalue weighted by atomic mass is 10.1. The van der Waals surface area contributed by atoms with Crippen LogP contribution in [0.15, 0.2) is 43.0 Å². The molecular formula is C17H15ClN4O4. The third-order valence-corrected chi connectivity index (χ3v) is 4.96. The Morgan fingerprint density at radius 1 is 1.04 bits per heavy atom. The Hall–Kier alpha value is -2.10. The average molecular weight is 375 g/mol. The average Bonchev–Trinajstić information content (AvgIpc) is 3.36. The lowest BCUT2D eigenvalue weighted by molar-refractivity contribution is -0.153. The molecule has 26 heavy (non-hydrogen) atoms. The standard InChI is InChI=1S/C17H15ClN4O4/c18-14-11-15(20-7-19-14)22(8-21-11)16-13-12(10(6-23)24-16)25-17(26-13)9-4-2-1-3-5-9/h1-5,7-8,10,12-13,16-17,23H,6H2/t10-,12-,13-,16-,17?/m1/s1. The molecule has 0 saturated carbocycles. The molecule has 5 atom stereocenters. The number of rotatable bonds is 3. The van der Waals surface area contributed by atoms with Crippen molar-refractivity contribution in [3.63, 3.8) is 0 Å². The molecule has 0 aliphatic carbocycles. The molecule has 2 aromatic heterocycles. The van der Waals surface area contributed by atoms with Crippen LogP contribution in [0.4, 0.5) is 0 Å². The monoisotopic (exact) mass is 374 g/mol. The molecule has 8 nitrogen and oxygen atoms in total. The number of benzene rings is 1. The van der Waals surface area contributed by atoms with Crippen molar-refractivity contribution in [3.8, 4) is 0 Å². The summed E-state index contributed by atoms with van der Waals surface area (Å²) in [4.78, 5) is 12.5. The normalized spacial score (nSPS) is 30.8. The second kappa shape index (κ2) is 6.26. The van der Waals surface area contributed by atoms with Gasteiger partial charge in [-0.25, -0.2) is 15.0 Å². The number of fused-ring (bicyclic) bond motifs is 2. The van der Waals surface area contributed by atoms with Gasteiger partial charge in [0.2, 0.25) is 0 Å². The number of ether oxygens (including phenoxy) is 3. The van der Waals surface area contributed by atoms with E-state index >= 15 is 0 Å². The van der Waals surface area contributed by atoms with Gasteiger partial charge in [0.25, 0.3) is 0 Å². The van der Waals surface area contributed by atoms with Crippen LogP contribution in [0.1, 0.15) is 18.1 Å². The topological polar surface area (TPSA) is 91.5 Å². The van der Waals surface area contributed by atoms with Crippen molar-refractivity contribution in [2.75, 3.05) is 6.61 Å². The van der Waals surface area contributed by atoms with Crippen molar-refractivity contribution in [2.24, 2.45) is 0 Å². The van der Waals surface area contributed by atoms with E-state index in [0.717, 1.165) is 5.56 Å². The van der Waals surface area contributed by atoms with Crippen LogP contribution in [0, 0.1) is 0 Å². The van der Waals surface area contributed by atoms with Crippen LogP contribution < -0.4 is 0 Å². The number of imidazole rings is 1. The minimum absolute atomic E-state index is 0.176. The zero-order chi connectivity index (χ0) is 17.7. The van der Waals surface area contributed by atoms with Gasteiger partial charge in [-0.2, -0.15) is 0 Å². The highest BCUT2D eigenvalue weighted by molar-refractivity contribution is 6.33. The lowest BCUT2D eigenvalue weighted by Gasteiger charge is -2.20. The molecular weight excluding hydrogens is 360 g/mol. The van der Waals surface area contributed by atoms with Crippen molar-refractivity contribution in [3.05, 3.63) is 53.7 Å². The van der Waals surface area contributed by atoms with Gasteiger partial charge in [0.1, 0.15) is 30.2 Å². The fourth-order valence-corrected chi connectivity index (χ4v) is 3.66. The minimum Gasteiger partial charge on any atom is -0.394 e. The molecule has 134 valence electrons. The van der Waals surface area contributed by atoms with Gasteiger partial charge in [0, 0.05) is 5.56 Å². The molecule has 4 heterocycles. The third kappa shape index (κ3) is 2.42. The van der Waals surface area contributed by atoms with E-state index in [4.69, 9.17) is 25.8 Å². The molecule has 0 amide bonds. The van der Waals surface area contributed by atoms with E-state index in [1.165, 1.54) is 6.33 Å². The summed E-state index contributed by atoms with van der Waals surface area (Å²) in [6, 6.07) is 9.67. The number of hydrogen-bond acceptors (Lipinski definition) is 7. The summed E-state index contributed by atoms with van der Waals surface area (Å²) in [7, 11) is 0. The van der Waals surface area contributed by atoms with Crippen LogP contribution in [-0.4, -0.2) is 49.5 Å². The van der Waals surface area contributed by atoms with Gasteiger partial charge in [-0.1, -0.05) is 41.9 Å². The Bertz CT molecular complexity index is 937. The lowest BCUT2D eigenvalue weighted by Crippen LogP contribution is -2.30. The summed E-state index contributed by atoms with van der Waals surface area (Å²) < 4.78 is 19.9. The van der Waals surface area contributed by atoms with E-state index in [0.29, 0.717) is 11.2 Å². The molecule has 2 saturated heterocycles. The van der Waals surface area contributed by atoms with Crippen molar-refractivity contribution in [1.29, 1.82) is 0 Å². The maximum absolute atomic E-state index is 9.71. The van der Waals surface area contributed by atoms with E-state index in [9.17, 15) is 5.11 Å². The first-order chi connectivity index (χ1) is 12.8. The molecule has 0 spiro atoms. The highest BCUT2D eigenvalue weighted by atomic mass is 35.5. The molecule has 0 radical (unpaired) electrons. The van der Waals surface area contributed by atoms with Gasteiger partial charge >= 0.3 is 0 Å². The molecule has 2 fully saturated rings. The van der Waals surface area contributed by atoms with Crippen LogP contribution in [-0.2, 0) is 14.2 Å². The first kappa shape index (κ1) is 16.1. The van der Waals surface area contributed by atoms with Crippen LogP contribution in [0.5, 0.6) is 0 Å². The van der Waals surface area contributed by atoms with E-state index in [2.05, 4.69) is 15.0 Å². The Balaban J connectivity index is 1.51. The summed E-state index contributed by atoms with van der Waals surface area (Å²) in [6.45, 7) is -0.176. The maximum Gasteiger partial charge on any atom is 0.185 e. The maximum atomic E-state index is 9.71. The molecule has 2 aliphatic rings. The highest BCUT2D eigenvalue weighted by Gasteiger charge is 2.53. The molecule has 1 N–H and O–H groups in total. The van der Waals surface area contributed by atoms with Crippen LogP contribution in [0.2, 0.25) is 5.15 Å². The SMILES string of the molecule is OC[C@H]1O[C@@H](n2cnc3c(Cl)ncnc32)[C@@H]2OC(c3ccccc3)O[C@@H]21. The molecule has 5 rings (SSSR count). The van der Waals surface area contributed by atoms with E-state index in [1.54, 1.807) is 10.9 Å². The van der Waals surface area contributed by atoms with Crippen molar-refractivity contribution in [1.82, 2.24) is 19.5 Å². The molecule has 2 aliphatic heterocycles. The van der Waals surface area contributed by atoms with Crippen LogP contribution in [0.25, 0.3) is 11.2 Å². The summed E-state index contributed by atoms with van der Waals surface area (Å²) >= 11 is 6.08. The first-order valence-electron chi connectivity index (χ1n) is 8.21. The summed E-state index contributed by atoms with van der Waals surface area (Å²) in [5, 5.41) is 9.98. The molecule has 3 aromatic rings. The fourth-order valence-electron chi connectivity index (χ4n) is 3.48. The third-order valence-electron chi connectivity index (χ3n) is 4.69. The second-order valence-electron chi connectivity index (χ2n) is 6.18. The Morgan fingerprint density at radius 2 is 1.85 bits per heavy atom. The fraction of sp³-hybridized carbons (Fsp3) is 0.353. The summed E-state index contributed by atoms with van der Waals surface area (Å²) in [6.07, 6.45) is 0.590. The number of hydrogen-bond donors (Lipinski definition) is 1. The second-order valence-corrected chi connectivity index (χ2v) is 6.54. The van der Waals surface area contributed by atoms with Crippen molar-refractivity contribution in [2.45, 2.75) is 30.8 Å². The summed E-state index contributed by atoms with van der Waals surface area (Å²) in [5.74, 6) is 0. The Labute approximate surface area is 153 Å². The van der Waals surface area contributed by atoms with Crippen LogP contribution in [0.3, 0.4) is 0 Å². The predicted molar refractivity (Wildman–Crippen MR) is 90.3 cm³/mol. The van der Waals surface area contributed by atoms with E-state index in [-0.39, 0.29) is 11.8 Å². The van der Waals surface area contributed by atoms with Gasteiger partial charge in [0.05, 0.1) is 12.9 Å². The van der Waals surface area contributed by atoms with Gasteiger partial charge < -0.3 is 19.3 Å². The van der Waals surface area contributed by atoms with Crippen LogP contribution >= 0.6 is 11.6 Å².